The monoisotopic (exact) mass is 479 g/mol. The highest BCUT2D eigenvalue weighted by Crippen LogP contribution is 2.34. The van der Waals surface area contributed by atoms with Gasteiger partial charge in [-0.05, 0) is 79.6 Å². The Labute approximate surface area is 181 Å². The molecule has 0 aliphatic carbocycles. The van der Waals surface area contributed by atoms with Gasteiger partial charge in [-0.25, -0.2) is 0 Å². The largest absolute Gasteiger partial charge is 0.492 e. The maximum Gasteiger partial charge on any atom is 0.141 e. The number of oxime groups is 1. The molecule has 4 nitrogen and oxygen atoms in total. The highest BCUT2D eigenvalue weighted by atomic mass is 79.9. The first-order valence-electron chi connectivity index (χ1n) is 9.16. The standard InChI is InChI=1S/C20H28BrCl2NO3/c1-4-16-13-17(25-12-9-19(21)23)14-18(22)20(16)26-10-7-5-6-8-11-27-24-15(2)3/h9,13-14H,4-8,10-12H2,1-3H3/b19-9+. The second kappa shape index (κ2) is 14.1. The summed E-state index contributed by atoms with van der Waals surface area (Å²) in [6.45, 7) is 7.58. The smallest absolute Gasteiger partial charge is 0.141 e. The molecular formula is C20H28BrCl2NO3. The molecule has 1 aromatic carbocycles. The SMILES string of the molecule is CCc1cc(OC/C=C(/Cl)Br)cc(Cl)c1OCCCCCCON=C(C)C. The van der Waals surface area contributed by atoms with E-state index in [0.717, 1.165) is 49.1 Å². The molecule has 0 amide bonds. The highest BCUT2D eigenvalue weighted by molar-refractivity contribution is 9.12. The number of unbranched alkanes of at least 4 members (excludes halogenated alkanes) is 3. The number of hydrogen-bond donors (Lipinski definition) is 0. The van der Waals surface area contributed by atoms with Crippen LogP contribution in [0.4, 0.5) is 0 Å². The van der Waals surface area contributed by atoms with Gasteiger partial charge in [-0.1, -0.05) is 35.3 Å². The summed E-state index contributed by atoms with van der Waals surface area (Å²) in [6, 6.07) is 3.74. The quantitative estimate of drug-likeness (QED) is 0.171. The fraction of sp³-hybridized carbons (Fsp3) is 0.550. The molecule has 0 N–H and O–H groups in total. The van der Waals surface area contributed by atoms with E-state index < -0.39 is 0 Å². The van der Waals surface area contributed by atoms with E-state index in [1.165, 1.54) is 0 Å². The summed E-state index contributed by atoms with van der Waals surface area (Å²) < 4.78 is 12.1. The van der Waals surface area contributed by atoms with Crippen LogP contribution >= 0.6 is 39.1 Å². The molecule has 27 heavy (non-hydrogen) atoms. The van der Waals surface area contributed by atoms with E-state index in [1.807, 2.05) is 19.9 Å². The van der Waals surface area contributed by atoms with Crippen LogP contribution in [0.3, 0.4) is 0 Å². The Morgan fingerprint density at radius 3 is 2.44 bits per heavy atom. The molecule has 0 aromatic heterocycles. The summed E-state index contributed by atoms with van der Waals surface area (Å²) in [5, 5.41) is 4.49. The average Bonchev–Trinajstić information content (AvgIpc) is 2.60. The van der Waals surface area contributed by atoms with Crippen molar-refractivity contribution in [2.24, 2.45) is 5.16 Å². The minimum atomic E-state index is 0.372. The van der Waals surface area contributed by atoms with Crippen LogP contribution in [0, 0.1) is 0 Å². The van der Waals surface area contributed by atoms with E-state index in [2.05, 4.69) is 28.0 Å². The summed E-state index contributed by atoms with van der Waals surface area (Å²) in [5.41, 5.74) is 1.97. The Balaban J connectivity index is 2.39. The van der Waals surface area contributed by atoms with Crippen LogP contribution in [0.2, 0.25) is 5.02 Å². The molecular weight excluding hydrogens is 453 g/mol. The fourth-order valence-electron chi connectivity index (χ4n) is 2.30. The van der Waals surface area contributed by atoms with Gasteiger partial charge in [-0.3, -0.25) is 0 Å². The Bertz CT molecular complexity index is 628. The van der Waals surface area contributed by atoms with Gasteiger partial charge < -0.3 is 14.3 Å². The molecule has 1 rings (SSSR count). The summed E-state index contributed by atoms with van der Waals surface area (Å²) in [7, 11) is 0. The molecule has 1 aromatic rings. The number of ether oxygens (including phenoxy) is 2. The van der Waals surface area contributed by atoms with Gasteiger partial charge in [-0.15, -0.1) is 0 Å². The fourth-order valence-corrected chi connectivity index (χ4v) is 2.78. The zero-order chi connectivity index (χ0) is 20.1. The van der Waals surface area contributed by atoms with Gasteiger partial charge >= 0.3 is 0 Å². The molecule has 0 saturated heterocycles. The zero-order valence-electron chi connectivity index (χ0n) is 16.2. The molecule has 0 aliphatic rings. The van der Waals surface area contributed by atoms with Crippen molar-refractivity contribution in [3.8, 4) is 11.5 Å². The van der Waals surface area contributed by atoms with Gasteiger partial charge in [0.05, 0.1) is 21.3 Å². The molecule has 152 valence electrons. The number of rotatable bonds is 13. The van der Waals surface area contributed by atoms with Crippen LogP contribution in [0.1, 0.15) is 52.0 Å². The van der Waals surface area contributed by atoms with E-state index in [4.69, 9.17) is 37.5 Å². The summed E-state index contributed by atoms with van der Waals surface area (Å²) in [6.07, 6.45) is 6.69. The molecule has 0 saturated carbocycles. The maximum atomic E-state index is 6.39. The lowest BCUT2D eigenvalue weighted by atomic mass is 10.1. The van der Waals surface area contributed by atoms with Crippen molar-refractivity contribution in [3.63, 3.8) is 0 Å². The predicted molar refractivity (Wildman–Crippen MR) is 118 cm³/mol. The van der Waals surface area contributed by atoms with Crippen LogP contribution in [0.5, 0.6) is 11.5 Å². The second-order valence-corrected chi connectivity index (χ2v) is 8.31. The van der Waals surface area contributed by atoms with Gasteiger partial charge in [0, 0.05) is 6.07 Å². The topological polar surface area (TPSA) is 40.0 Å². The number of nitrogens with zero attached hydrogens (tertiary/aromatic N) is 1. The van der Waals surface area contributed by atoms with Gasteiger partial charge in [-0.2, -0.15) is 0 Å². The number of hydrogen-bond acceptors (Lipinski definition) is 4. The maximum absolute atomic E-state index is 6.39. The molecule has 7 heteroatoms. The lowest BCUT2D eigenvalue weighted by Crippen LogP contribution is -2.02. The van der Waals surface area contributed by atoms with Crippen molar-refractivity contribution in [2.45, 2.75) is 52.9 Å². The first kappa shape index (κ1) is 24.1. The lowest BCUT2D eigenvalue weighted by molar-refractivity contribution is 0.139. The third-order valence-electron chi connectivity index (χ3n) is 3.59. The molecule has 0 bridgehead atoms. The second-order valence-electron chi connectivity index (χ2n) is 6.19. The van der Waals surface area contributed by atoms with E-state index >= 15 is 0 Å². The molecule has 0 radical (unpaired) electrons. The number of halogens is 3. The zero-order valence-corrected chi connectivity index (χ0v) is 19.3. The van der Waals surface area contributed by atoms with Gasteiger partial charge in [0.1, 0.15) is 24.7 Å². The van der Waals surface area contributed by atoms with Gasteiger partial charge in [0.15, 0.2) is 0 Å². The molecule has 0 unspecified atom stereocenters. The Morgan fingerprint density at radius 1 is 1.11 bits per heavy atom. The summed E-state index contributed by atoms with van der Waals surface area (Å²) in [4.78, 5) is 5.18. The minimum Gasteiger partial charge on any atom is -0.492 e. The first-order valence-corrected chi connectivity index (χ1v) is 10.7. The number of benzene rings is 1. The highest BCUT2D eigenvalue weighted by Gasteiger charge is 2.11. The third kappa shape index (κ3) is 10.9. The molecule has 0 atom stereocenters. The summed E-state index contributed by atoms with van der Waals surface area (Å²) in [5.74, 6) is 1.45. The molecule has 0 heterocycles. The molecule has 0 aliphatic heterocycles. The average molecular weight is 481 g/mol. The normalized spacial score (nSPS) is 11.3. The van der Waals surface area contributed by atoms with Crippen molar-refractivity contribution < 1.29 is 14.3 Å². The van der Waals surface area contributed by atoms with Crippen LogP contribution < -0.4 is 9.47 Å². The third-order valence-corrected chi connectivity index (χ3v) is 4.34. The van der Waals surface area contributed by atoms with E-state index in [9.17, 15) is 0 Å². The summed E-state index contributed by atoms with van der Waals surface area (Å²) >= 11 is 15.3. The predicted octanol–water partition coefficient (Wildman–Crippen LogP) is 7.11. The van der Waals surface area contributed by atoms with E-state index in [1.54, 1.807) is 12.1 Å². The number of aryl methyl sites for hydroxylation is 1. The van der Waals surface area contributed by atoms with Crippen molar-refractivity contribution in [1.29, 1.82) is 0 Å². The Morgan fingerprint density at radius 2 is 1.81 bits per heavy atom. The van der Waals surface area contributed by atoms with Gasteiger partial charge in [0.2, 0.25) is 0 Å². The molecule has 0 spiro atoms. The lowest BCUT2D eigenvalue weighted by Gasteiger charge is -2.14. The van der Waals surface area contributed by atoms with Crippen molar-refractivity contribution in [1.82, 2.24) is 0 Å². The molecule has 0 fully saturated rings. The van der Waals surface area contributed by atoms with Crippen LogP contribution in [0.15, 0.2) is 27.3 Å². The van der Waals surface area contributed by atoms with E-state index in [-0.39, 0.29) is 0 Å². The van der Waals surface area contributed by atoms with Crippen LogP contribution in [-0.4, -0.2) is 25.5 Å². The minimum absolute atomic E-state index is 0.372. The van der Waals surface area contributed by atoms with Crippen molar-refractivity contribution in [3.05, 3.63) is 32.7 Å². The Kier molecular flexibility index (Phi) is 12.6. The van der Waals surface area contributed by atoms with Crippen LogP contribution in [-0.2, 0) is 11.3 Å². The van der Waals surface area contributed by atoms with Crippen molar-refractivity contribution >= 4 is 44.8 Å². The van der Waals surface area contributed by atoms with Gasteiger partial charge in [0.25, 0.3) is 0 Å². The Hall–Kier alpha value is -0.910. The van der Waals surface area contributed by atoms with Crippen molar-refractivity contribution in [2.75, 3.05) is 19.8 Å². The van der Waals surface area contributed by atoms with E-state index in [0.29, 0.717) is 34.5 Å². The van der Waals surface area contributed by atoms with Crippen LogP contribution in [0.25, 0.3) is 0 Å². The first-order chi connectivity index (χ1) is 12.9.